The van der Waals surface area contributed by atoms with E-state index >= 15 is 0 Å². The number of hydrogen-bond donors (Lipinski definition) is 0. The van der Waals surface area contributed by atoms with E-state index in [0.29, 0.717) is 23.2 Å². The SMILES string of the molecule is COc1ccc2c(c1)CCc1cnc(N(C)c3cc(OC)c(OC)c(OC)c3)nc1-2. The van der Waals surface area contributed by atoms with Crippen molar-refractivity contribution in [1.29, 1.82) is 0 Å². The lowest BCUT2D eigenvalue weighted by Gasteiger charge is -2.24. The fourth-order valence-electron chi connectivity index (χ4n) is 3.76. The van der Waals surface area contributed by atoms with Crippen LogP contribution in [0.3, 0.4) is 0 Å². The molecule has 0 fully saturated rings. The summed E-state index contributed by atoms with van der Waals surface area (Å²) < 4.78 is 21.8. The number of methoxy groups -OCH3 is 4. The normalized spacial score (nSPS) is 11.9. The van der Waals surface area contributed by atoms with Crippen molar-refractivity contribution in [2.75, 3.05) is 40.4 Å². The highest BCUT2D eigenvalue weighted by Gasteiger charge is 2.22. The molecule has 30 heavy (non-hydrogen) atoms. The fourth-order valence-corrected chi connectivity index (χ4v) is 3.76. The molecule has 1 heterocycles. The van der Waals surface area contributed by atoms with Gasteiger partial charge in [-0.3, -0.25) is 0 Å². The van der Waals surface area contributed by atoms with Crippen LogP contribution in [0.2, 0.25) is 0 Å². The molecule has 156 valence electrons. The number of anilines is 2. The number of aromatic nitrogens is 2. The fraction of sp³-hybridized carbons (Fsp3) is 0.304. The number of benzene rings is 2. The van der Waals surface area contributed by atoms with E-state index < -0.39 is 0 Å². The van der Waals surface area contributed by atoms with E-state index in [1.54, 1.807) is 28.4 Å². The molecule has 7 heteroatoms. The van der Waals surface area contributed by atoms with Crippen molar-refractivity contribution in [1.82, 2.24) is 9.97 Å². The van der Waals surface area contributed by atoms with E-state index in [1.165, 1.54) is 5.56 Å². The van der Waals surface area contributed by atoms with Crippen LogP contribution in [-0.2, 0) is 12.8 Å². The predicted molar refractivity (Wildman–Crippen MR) is 116 cm³/mol. The smallest absolute Gasteiger partial charge is 0.230 e. The third-order valence-corrected chi connectivity index (χ3v) is 5.42. The van der Waals surface area contributed by atoms with Gasteiger partial charge < -0.3 is 23.8 Å². The summed E-state index contributed by atoms with van der Waals surface area (Å²) in [6.45, 7) is 0. The standard InChI is InChI=1S/C23H25N3O4/c1-26(16-11-19(28-3)22(30-5)20(12-16)29-4)23-24-13-15-7-6-14-10-17(27-2)8-9-18(14)21(15)25-23/h8-13H,6-7H2,1-5H3. The van der Waals surface area contributed by atoms with Gasteiger partial charge in [0.15, 0.2) is 11.5 Å². The first kappa shape index (κ1) is 19.8. The van der Waals surface area contributed by atoms with Crippen molar-refractivity contribution >= 4 is 11.6 Å². The van der Waals surface area contributed by atoms with Crippen molar-refractivity contribution in [2.24, 2.45) is 0 Å². The van der Waals surface area contributed by atoms with Gasteiger partial charge in [0, 0.05) is 30.9 Å². The molecule has 1 aromatic heterocycles. The van der Waals surface area contributed by atoms with Crippen LogP contribution in [0.25, 0.3) is 11.3 Å². The predicted octanol–water partition coefficient (Wildman–Crippen LogP) is 4.04. The molecule has 0 atom stereocenters. The summed E-state index contributed by atoms with van der Waals surface area (Å²) >= 11 is 0. The Morgan fingerprint density at radius 3 is 2.17 bits per heavy atom. The zero-order valence-electron chi connectivity index (χ0n) is 17.9. The Morgan fingerprint density at radius 2 is 1.53 bits per heavy atom. The minimum absolute atomic E-state index is 0.548. The summed E-state index contributed by atoms with van der Waals surface area (Å²) in [5.74, 6) is 3.15. The average molecular weight is 407 g/mol. The lowest BCUT2D eigenvalue weighted by Crippen LogP contribution is -2.16. The van der Waals surface area contributed by atoms with Crippen LogP contribution in [-0.4, -0.2) is 45.5 Å². The van der Waals surface area contributed by atoms with Gasteiger partial charge in [0.25, 0.3) is 0 Å². The molecule has 0 saturated heterocycles. The first-order chi connectivity index (χ1) is 14.6. The molecule has 3 aromatic rings. The van der Waals surface area contributed by atoms with Crippen molar-refractivity contribution in [2.45, 2.75) is 12.8 Å². The summed E-state index contributed by atoms with van der Waals surface area (Å²) in [5, 5.41) is 0. The minimum atomic E-state index is 0.548. The Kier molecular flexibility index (Phi) is 5.35. The van der Waals surface area contributed by atoms with Crippen molar-refractivity contribution < 1.29 is 18.9 Å². The first-order valence-electron chi connectivity index (χ1n) is 9.66. The van der Waals surface area contributed by atoms with Crippen LogP contribution < -0.4 is 23.8 Å². The monoisotopic (exact) mass is 407 g/mol. The second kappa shape index (κ2) is 8.10. The topological polar surface area (TPSA) is 65.9 Å². The van der Waals surface area contributed by atoms with E-state index in [1.807, 2.05) is 36.3 Å². The molecule has 0 radical (unpaired) electrons. The van der Waals surface area contributed by atoms with Crippen LogP contribution in [0.15, 0.2) is 36.5 Å². The zero-order chi connectivity index (χ0) is 21.3. The summed E-state index contributed by atoms with van der Waals surface area (Å²) in [5.41, 5.74) is 5.30. The van der Waals surface area contributed by atoms with E-state index in [4.69, 9.17) is 23.9 Å². The Balaban J connectivity index is 1.76. The second-order valence-electron chi connectivity index (χ2n) is 7.01. The molecule has 0 saturated carbocycles. The van der Waals surface area contributed by atoms with Gasteiger partial charge in [-0.2, -0.15) is 0 Å². The van der Waals surface area contributed by atoms with E-state index in [0.717, 1.165) is 41.1 Å². The van der Waals surface area contributed by atoms with E-state index in [-0.39, 0.29) is 0 Å². The van der Waals surface area contributed by atoms with Crippen molar-refractivity contribution in [3.8, 4) is 34.3 Å². The Morgan fingerprint density at radius 1 is 0.833 bits per heavy atom. The zero-order valence-corrected chi connectivity index (χ0v) is 17.9. The molecular weight excluding hydrogens is 382 g/mol. The van der Waals surface area contributed by atoms with Crippen LogP contribution in [0, 0.1) is 0 Å². The molecule has 1 aliphatic rings. The third-order valence-electron chi connectivity index (χ3n) is 5.42. The van der Waals surface area contributed by atoms with Gasteiger partial charge in [-0.1, -0.05) is 0 Å². The highest BCUT2D eigenvalue weighted by molar-refractivity contribution is 5.73. The maximum atomic E-state index is 5.48. The Hall–Kier alpha value is -3.48. The summed E-state index contributed by atoms with van der Waals surface area (Å²) in [7, 11) is 8.39. The van der Waals surface area contributed by atoms with E-state index in [9.17, 15) is 0 Å². The Labute approximate surface area is 176 Å². The molecular formula is C23H25N3O4. The molecule has 0 N–H and O–H groups in total. The lowest BCUT2D eigenvalue weighted by molar-refractivity contribution is 0.324. The van der Waals surface area contributed by atoms with Gasteiger partial charge in [0.1, 0.15) is 5.75 Å². The molecule has 4 rings (SSSR count). The van der Waals surface area contributed by atoms with Crippen molar-refractivity contribution in [3.63, 3.8) is 0 Å². The van der Waals surface area contributed by atoms with Gasteiger partial charge in [-0.15, -0.1) is 0 Å². The molecule has 2 aromatic carbocycles. The van der Waals surface area contributed by atoms with Crippen LogP contribution in [0.5, 0.6) is 23.0 Å². The number of ether oxygens (including phenoxy) is 4. The van der Waals surface area contributed by atoms with Gasteiger partial charge >= 0.3 is 0 Å². The molecule has 7 nitrogen and oxygen atoms in total. The first-order valence-corrected chi connectivity index (χ1v) is 9.66. The quantitative estimate of drug-likeness (QED) is 0.611. The third kappa shape index (κ3) is 3.36. The highest BCUT2D eigenvalue weighted by Crippen LogP contribution is 2.42. The maximum Gasteiger partial charge on any atom is 0.230 e. The molecule has 0 bridgehead atoms. The number of fused-ring (bicyclic) bond motifs is 3. The molecule has 0 spiro atoms. The van der Waals surface area contributed by atoms with Crippen LogP contribution >= 0.6 is 0 Å². The summed E-state index contributed by atoms with van der Waals surface area (Å²) in [6.07, 6.45) is 3.77. The largest absolute Gasteiger partial charge is 0.497 e. The van der Waals surface area contributed by atoms with Gasteiger partial charge in [0.05, 0.1) is 39.8 Å². The number of aryl methyl sites for hydroxylation is 2. The summed E-state index contributed by atoms with van der Waals surface area (Å²) in [6, 6.07) is 9.88. The Bertz CT molecular complexity index is 1060. The minimum Gasteiger partial charge on any atom is -0.497 e. The van der Waals surface area contributed by atoms with E-state index in [2.05, 4.69) is 17.1 Å². The second-order valence-corrected chi connectivity index (χ2v) is 7.01. The number of rotatable bonds is 6. The molecule has 0 unspecified atom stereocenters. The van der Waals surface area contributed by atoms with Crippen LogP contribution in [0.4, 0.5) is 11.6 Å². The van der Waals surface area contributed by atoms with Crippen LogP contribution in [0.1, 0.15) is 11.1 Å². The van der Waals surface area contributed by atoms with Crippen molar-refractivity contribution in [3.05, 3.63) is 47.7 Å². The lowest BCUT2D eigenvalue weighted by atomic mass is 9.90. The molecule has 0 amide bonds. The molecule has 1 aliphatic carbocycles. The van der Waals surface area contributed by atoms with Gasteiger partial charge in [-0.05, 0) is 42.2 Å². The number of hydrogen-bond acceptors (Lipinski definition) is 7. The average Bonchev–Trinajstić information content (AvgIpc) is 2.81. The van der Waals surface area contributed by atoms with Gasteiger partial charge in [0.2, 0.25) is 11.7 Å². The van der Waals surface area contributed by atoms with Gasteiger partial charge in [-0.25, -0.2) is 9.97 Å². The maximum absolute atomic E-state index is 5.48. The number of nitrogens with zero attached hydrogens (tertiary/aromatic N) is 3. The highest BCUT2D eigenvalue weighted by atomic mass is 16.5. The molecule has 0 aliphatic heterocycles. The summed E-state index contributed by atoms with van der Waals surface area (Å²) in [4.78, 5) is 11.4.